The molecule has 0 bridgehead atoms. The maximum absolute atomic E-state index is 11.9. The van der Waals surface area contributed by atoms with Crippen molar-refractivity contribution in [2.45, 2.75) is 20.0 Å². The van der Waals surface area contributed by atoms with Gasteiger partial charge in [0, 0.05) is 48.7 Å². The molecule has 2 aromatic heterocycles. The average molecular weight is 279 g/mol. The molecule has 0 fully saturated rings. The average Bonchev–Trinajstić information content (AvgIpc) is 2.79. The molecule has 0 amide bonds. The Balaban J connectivity index is 2.08. The highest BCUT2D eigenvalue weighted by atomic mass is 32.1. The van der Waals surface area contributed by atoms with Crippen LogP contribution >= 0.6 is 11.3 Å². The molecule has 0 unspecified atom stereocenters. The Morgan fingerprint density at radius 1 is 1.21 bits per heavy atom. The molecule has 6 heteroatoms. The van der Waals surface area contributed by atoms with Crippen LogP contribution in [-0.4, -0.2) is 9.13 Å². The van der Waals surface area contributed by atoms with Gasteiger partial charge in [0.2, 0.25) is 0 Å². The van der Waals surface area contributed by atoms with Crippen LogP contribution in [0, 0.1) is 6.92 Å². The molecular weight excluding hydrogens is 262 g/mol. The van der Waals surface area contributed by atoms with E-state index in [9.17, 15) is 9.59 Å². The number of thiophene rings is 1. The maximum Gasteiger partial charge on any atom is 0.330 e. The molecule has 0 aliphatic rings. The molecule has 0 aliphatic heterocycles. The zero-order chi connectivity index (χ0) is 14.0. The molecule has 0 aromatic carbocycles. The van der Waals surface area contributed by atoms with E-state index in [4.69, 9.17) is 0 Å². The Kier molecular flexibility index (Phi) is 4.01. The van der Waals surface area contributed by atoms with Crippen LogP contribution in [-0.2, 0) is 27.2 Å². The van der Waals surface area contributed by atoms with Gasteiger partial charge in [-0.2, -0.15) is 0 Å². The van der Waals surface area contributed by atoms with E-state index in [0.717, 1.165) is 11.1 Å². The van der Waals surface area contributed by atoms with Gasteiger partial charge < -0.3 is 9.88 Å². The number of hydrogen-bond donors (Lipinski definition) is 1. The van der Waals surface area contributed by atoms with Gasteiger partial charge >= 0.3 is 5.69 Å². The highest BCUT2D eigenvalue weighted by Gasteiger charge is 2.06. The van der Waals surface area contributed by atoms with Crippen molar-refractivity contribution in [1.29, 1.82) is 0 Å². The first-order chi connectivity index (χ1) is 8.99. The van der Waals surface area contributed by atoms with E-state index < -0.39 is 0 Å². The number of nitrogens with zero attached hydrogens (tertiary/aromatic N) is 2. The molecule has 0 spiro atoms. The highest BCUT2D eigenvalue weighted by Crippen LogP contribution is 2.14. The Morgan fingerprint density at radius 2 is 1.95 bits per heavy atom. The SMILES string of the molecule is Cc1ccc(CNCc2cn(C)c(=O)n(C)c2=O)s1. The van der Waals surface area contributed by atoms with Gasteiger partial charge in [-0.15, -0.1) is 11.3 Å². The van der Waals surface area contributed by atoms with Crippen molar-refractivity contribution in [3.63, 3.8) is 0 Å². The number of aryl methyl sites for hydroxylation is 2. The van der Waals surface area contributed by atoms with E-state index >= 15 is 0 Å². The summed E-state index contributed by atoms with van der Waals surface area (Å²) in [6.45, 7) is 3.25. The lowest BCUT2D eigenvalue weighted by Crippen LogP contribution is -2.39. The first-order valence-electron chi connectivity index (χ1n) is 6.00. The standard InChI is InChI=1S/C13H17N3O2S/c1-9-4-5-11(19-9)7-14-6-10-8-15(2)13(18)16(3)12(10)17/h4-5,8,14H,6-7H2,1-3H3. The number of hydrogen-bond acceptors (Lipinski definition) is 4. The van der Waals surface area contributed by atoms with E-state index in [1.807, 2.05) is 0 Å². The second-order valence-electron chi connectivity index (χ2n) is 4.53. The van der Waals surface area contributed by atoms with Gasteiger partial charge in [0.15, 0.2) is 0 Å². The Labute approximate surface area is 115 Å². The van der Waals surface area contributed by atoms with Crippen LogP contribution in [0.3, 0.4) is 0 Å². The van der Waals surface area contributed by atoms with Crippen LogP contribution in [0.2, 0.25) is 0 Å². The minimum atomic E-state index is -0.303. The summed E-state index contributed by atoms with van der Waals surface area (Å²) in [5.74, 6) is 0. The molecule has 1 N–H and O–H groups in total. The Bertz CT molecular complexity index is 697. The van der Waals surface area contributed by atoms with Crippen molar-refractivity contribution in [2.75, 3.05) is 0 Å². The molecular formula is C13H17N3O2S. The third-order valence-corrected chi connectivity index (χ3v) is 3.93. The molecule has 0 atom stereocenters. The molecule has 0 aliphatic carbocycles. The summed E-state index contributed by atoms with van der Waals surface area (Å²) in [7, 11) is 3.14. The molecule has 5 nitrogen and oxygen atoms in total. The summed E-state index contributed by atoms with van der Waals surface area (Å²) >= 11 is 1.73. The minimum absolute atomic E-state index is 0.238. The maximum atomic E-state index is 11.9. The minimum Gasteiger partial charge on any atom is -0.308 e. The lowest BCUT2D eigenvalue weighted by molar-refractivity contribution is 0.633. The summed E-state index contributed by atoms with van der Waals surface area (Å²) < 4.78 is 2.56. The number of aromatic nitrogens is 2. The van der Waals surface area contributed by atoms with Crippen molar-refractivity contribution in [3.05, 3.63) is 54.5 Å². The van der Waals surface area contributed by atoms with E-state index in [1.54, 1.807) is 24.6 Å². The van der Waals surface area contributed by atoms with Crippen LogP contribution < -0.4 is 16.6 Å². The molecule has 2 heterocycles. The molecule has 0 saturated carbocycles. The fourth-order valence-electron chi connectivity index (χ4n) is 1.90. The fourth-order valence-corrected chi connectivity index (χ4v) is 2.76. The molecule has 19 heavy (non-hydrogen) atoms. The van der Waals surface area contributed by atoms with Crippen molar-refractivity contribution in [1.82, 2.24) is 14.5 Å². The molecule has 102 valence electrons. The van der Waals surface area contributed by atoms with E-state index in [-0.39, 0.29) is 11.2 Å². The van der Waals surface area contributed by atoms with Crippen LogP contribution in [0.1, 0.15) is 15.3 Å². The summed E-state index contributed by atoms with van der Waals surface area (Å²) in [5, 5.41) is 3.23. The van der Waals surface area contributed by atoms with Crippen LogP contribution in [0.15, 0.2) is 27.9 Å². The Hall–Kier alpha value is -1.66. The van der Waals surface area contributed by atoms with Gasteiger partial charge in [0.1, 0.15) is 0 Å². The molecule has 0 saturated heterocycles. The van der Waals surface area contributed by atoms with Gasteiger partial charge in [-0.3, -0.25) is 9.36 Å². The zero-order valence-corrected chi connectivity index (χ0v) is 12.1. The Morgan fingerprint density at radius 3 is 2.58 bits per heavy atom. The van der Waals surface area contributed by atoms with Gasteiger partial charge in [0.25, 0.3) is 5.56 Å². The first kappa shape index (κ1) is 13.8. The van der Waals surface area contributed by atoms with Crippen molar-refractivity contribution >= 4 is 11.3 Å². The lowest BCUT2D eigenvalue weighted by atomic mass is 10.3. The van der Waals surface area contributed by atoms with Gasteiger partial charge in [0.05, 0.1) is 0 Å². The van der Waals surface area contributed by atoms with Gasteiger partial charge in [-0.25, -0.2) is 4.79 Å². The predicted molar refractivity (Wildman–Crippen MR) is 76.5 cm³/mol. The van der Waals surface area contributed by atoms with Crippen LogP contribution in [0.25, 0.3) is 0 Å². The highest BCUT2D eigenvalue weighted by molar-refractivity contribution is 7.11. The fraction of sp³-hybridized carbons (Fsp3) is 0.385. The van der Waals surface area contributed by atoms with Crippen molar-refractivity contribution in [2.24, 2.45) is 14.1 Å². The lowest BCUT2D eigenvalue weighted by Gasteiger charge is -2.07. The zero-order valence-electron chi connectivity index (χ0n) is 11.3. The van der Waals surface area contributed by atoms with Crippen LogP contribution in [0.5, 0.6) is 0 Å². The van der Waals surface area contributed by atoms with E-state index in [1.165, 1.54) is 21.4 Å². The van der Waals surface area contributed by atoms with Gasteiger partial charge in [-0.1, -0.05) is 0 Å². The largest absolute Gasteiger partial charge is 0.330 e. The van der Waals surface area contributed by atoms with Crippen LogP contribution in [0.4, 0.5) is 0 Å². The summed E-state index contributed by atoms with van der Waals surface area (Å²) in [6.07, 6.45) is 1.59. The number of nitrogens with one attached hydrogen (secondary N) is 1. The molecule has 2 rings (SSSR count). The topological polar surface area (TPSA) is 56.0 Å². The molecule has 0 radical (unpaired) electrons. The summed E-state index contributed by atoms with van der Waals surface area (Å²) in [5.41, 5.74) is 0.0541. The summed E-state index contributed by atoms with van der Waals surface area (Å²) in [4.78, 5) is 26.0. The third kappa shape index (κ3) is 3.02. The quantitative estimate of drug-likeness (QED) is 0.898. The normalized spacial score (nSPS) is 10.9. The number of rotatable bonds is 4. The van der Waals surface area contributed by atoms with E-state index in [2.05, 4.69) is 24.4 Å². The second kappa shape index (κ2) is 5.54. The van der Waals surface area contributed by atoms with Crippen molar-refractivity contribution in [3.8, 4) is 0 Å². The van der Waals surface area contributed by atoms with Gasteiger partial charge in [-0.05, 0) is 19.1 Å². The third-order valence-electron chi connectivity index (χ3n) is 2.93. The monoisotopic (exact) mass is 279 g/mol. The second-order valence-corrected chi connectivity index (χ2v) is 5.90. The van der Waals surface area contributed by atoms with E-state index in [0.29, 0.717) is 12.1 Å². The molecule has 2 aromatic rings. The van der Waals surface area contributed by atoms with Crippen molar-refractivity contribution < 1.29 is 0 Å². The predicted octanol–water partition coefficient (Wildman–Crippen LogP) is 0.744. The smallest absolute Gasteiger partial charge is 0.308 e. The summed E-state index contributed by atoms with van der Waals surface area (Å²) in [6, 6.07) is 4.15. The first-order valence-corrected chi connectivity index (χ1v) is 6.82.